The molecule has 0 radical (unpaired) electrons. The van der Waals surface area contributed by atoms with Crippen LogP contribution in [0.25, 0.3) is 0 Å². The number of imidazole rings is 1. The first-order valence-corrected chi connectivity index (χ1v) is 5.70. The summed E-state index contributed by atoms with van der Waals surface area (Å²) in [4.78, 5) is 14.1. The van der Waals surface area contributed by atoms with E-state index < -0.39 is 4.92 Å². The van der Waals surface area contributed by atoms with Gasteiger partial charge in [0, 0.05) is 25.4 Å². The summed E-state index contributed by atoms with van der Waals surface area (Å²) < 4.78 is 3.86. The fourth-order valence-electron chi connectivity index (χ4n) is 1.48. The number of nitrogens with zero attached hydrogens (tertiary/aromatic N) is 5. The molecule has 0 unspecified atom stereocenters. The lowest BCUT2D eigenvalue weighted by Gasteiger charge is -1.99. The average molecular weight is 300 g/mol. The molecule has 2 aromatic heterocycles. The van der Waals surface area contributed by atoms with Crippen LogP contribution in [0.15, 0.2) is 23.2 Å². The maximum atomic E-state index is 10.6. The molecule has 0 spiro atoms. The first kappa shape index (κ1) is 11.8. The van der Waals surface area contributed by atoms with Crippen molar-refractivity contribution in [2.24, 2.45) is 7.05 Å². The summed E-state index contributed by atoms with van der Waals surface area (Å²) in [5, 5.41) is 14.5. The normalized spacial score (nSPS) is 10.7. The van der Waals surface area contributed by atoms with E-state index in [1.165, 1.54) is 0 Å². The van der Waals surface area contributed by atoms with Crippen LogP contribution in [0.1, 0.15) is 5.69 Å². The Kier molecular flexibility index (Phi) is 3.23. The highest BCUT2D eigenvalue weighted by Gasteiger charge is 2.18. The minimum absolute atomic E-state index is 0.157. The lowest BCUT2D eigenvalue weighted by Crippen LogP contribution is -2.05. The maximum absolute atomic E-state index is 10.6. The number of hydrogen-bond donors (Lipinski definition) is 0. The van der Waals surface area contributed by atoms with Gasteiger partial charge in [0.2, 0.25) is 0 Å². The van der Waals surface area contributed by atoms with Crippen LogP contribution in [-0.4, -0.2) is 24.3 Å². The zero-order valence-electron chi connectivity index (χ0n) is 9.08. The summed E-state index contributed by atoms with van der Waals surface area (Å²) in [5.74, 6) is -0.157. The summed E-state index contributed by atoms with van der Waals surface area (Å²) >= 11 is 3.11. The summed E-state index contributed by atoms with van der Waals surface area (Å²) in [6.07, 6.45) is 5.82. The number of hydrogen-bond acceptors (Lipinski definition) is 4. The second-order valence-corrected chi connectivity index (χ2v) is 4.42. The largest absolute Gasteiger partial charge is 0.404 e. The minimum Gasteiger partial charge on any atom is -0.358 e. The standard InChI is InChI=1S/C9H10BrN5O2/c1-13-6-11-4-7(13)2-3-14-5-8(10)9(12-14)15(16)17/h4-6H,2-3H2,1H3. The summed E-state index contributed by atoms with van der Waals surface area (Å²) in [6.45, 7) is 0.575. The van der Waals surface area contributed by atoms with Gasteiger partial charge in [-0.1, -0.05) is 0 Å². The van der Waals surface area contributed by atoms with Gasteiger partial charge in [-0.3, -0.25) is 0 Å². The molecule has 0 fully saturated rings. The van der Waals surface area contributed by atoms with Gasteiger partial charge in [-0.25, -0.2) is 4.98 Å². The van der Waals surface area contributed by atoms with E-state index >= 15 is 0 Å². The predicted octanol–water partition coefficient (Wildman–Crippen LogP) is 1.53. The first-order chi connectivity index (χ1) is 8.08. The van der Waals surface area contributed by atoms with Crippen LogP contribution in [0.3, 0.4) is 0 Å². The first-order valence-electron chi connectivity index (χ1n) is 4.90. The number of aryl methyl sites for hydroxylation is 3. The van der Waals surface area contributed by atoms with Gasteiger partial charge >= 0.3 is 5.82 Å². The van der Waals surface area contributed by atoms with Gasteiger partial charge in [-0.2, -0.15) is 4.68 Å². The molecule has 0 amide bonds. The van der Waals surface area contributed by atoms with Crippen molar-refractivity contribution in [2.45, 2.75) is 13.0 Å². The summed E-state index contributed by atoms with van der Waals surface area (Å²) in [5.41, 5.74) is 1.05. The number of halogens is 1. The molecule has 0 N–H and O–H groups in total. The number of aromatic nitrogens is 4. The lowest BCUT2D eigenvalue weighted by molar-refractivity contribution is -0.390. The van der Waals surface area contributed by atoms with Gasteiger partial charge in [-0.05, 0) is 20.9 Å². The van der Waals surface area contributed by atoms with Crippen molar-refractivity contribution in [3.8, 4) is 0 Å². The predicted molar refractivity (Wildman–Crippen MR) is 63.5 cm³/mol. The minimum atomic E-state index is -0.509. The van der Waals surface area contributed by atoms with Gasteiger partial charge in [0.1, 0.15) is 4.47 Å². The molecule has 2 heterocycles. The molecule has 0 bridgehead atoms. The molecule has 8 heteroatoms. The molecule has 17 heavy (non-hydrogen) atoms. The smallest absolute Gasteiger partial charge is 0.358 e. The Hall–Kier alpha value is -1.70. The Morgan fingerprint density at radius 2 is 2.35 bits per heavy atom. The van der Waals surface area contributed by atoms with Crippen molar-refractivity contribution < 1.29 is 4.92 Å². The molecule has 0 atom stereocenters. The summed E-state index contributed by atoms with van der Waals surface area (Å²) in [6, 6.07) is 0. The van der Waals surface area contributed by atoms with Gasteiger partial charge in [0.05, 0.1) is 24.2 Å². The molecule has 0 aliphatic heterocycles. The van der Waals surface area contributed by atoms with Crippen LogP contribution < -0.4 is 0 Å². The fourth-order valence-corrected chi connectivity index (χ4v) is 1.94. The SMILES string of the molecule is Cn1cncc1CCn1cc(Br)c([N+](=O)[O-])n1. The van der Waals surface area contributed by atoms with Crippen LogP contribution in [0, 0.1) is 10.1 Å². The topological polar surface area (TPSA) is 78.8 Å². The fraction of sp³-hybridized carbons (Fsp3) is 0.333. The second kappa shape index (κ2) is 4.66. The molecule has 0 saturated carbocycles. The third kappa shape index (κ3) is 2.52. The quantitative estimate of drug-likeness (QED) is 0.633. The Balaban J connectivity index is 2.07. The molecule has 2 aromatic rings. The highest BCUT2D eigenvalue weighted by atomic mass is 79.9. The van der Waals surface area contributed by atoms with Gasteiger partial charge < -0.3 is 14.7 Å². The van der Waals surface area contributed by atoms with E-state index in [1.54, 1.807) is 23.4 Å². The average Bonchev–Trinajstić information content (AvgIpc) is 2.82. The lowest BCUT2D eigenvalue weighted by atomic mass is 10.3. The third-order valence-corrected chi connectivity index (χ3v) is 2.94. The van der Waals surface area contributed by atoms with Crippen molar-refractivity contribution in [1.29, 1.82) is 0 Å². The van der Waals surface area contributed by atoms with Crippen LogP contribution >= 0.6 is 15.9 Å². The van der Waals surface area contributed by atoms with Crippen LogP contribution in [0.2, 0.25) is 0 Å². The molecule has 0 aliphatic rings. The van der Waals surface area contributed by atoms with Gasteiger partial charge in [0.15, 0.2) is 0 Å². The highest BCUT2D eigenvalue weighted by molar-refractivity contribution is 9.10. The van der Waals surface area contributed by atoms with E-state index in [4.69, 9.17) is 0 Å². The maximum Gasteiger partial charge on any atom is 0.404 e. The molecule has 7 nitrogen and oxygen atoms in total. The van der Waals surface area contributed by atoms with Crippen molar-refractivity contribution in [3.63, 3.8) is 0 Å². The molecule has 0 aromatic carbocycles. The van der Waals surface area contributed by atoms with Crippen LogP contribution in [0.4, 0.5) is 5.82 Å². The van der Waals surface area contributed by atoms with E-state index in [0.717, 1.165) is 12.1 Å². The number of nitro groups is 1. The zero-order valence-corrected chi connectivity index (χ0v) is 10.7. The monoisotopic (exact) mass is 299 g/mol. The van der Waals surface area contributed by atoms with Crippen molar-refractivity contribution >= 4 is 21.7 Å². The molecule has 0 aliphatic carbocycles. The molecular formula is C9H10BrN5O2. The molecular weight excluding hydrogens is 290 g/mol. The third-order valence-electron chi connectivity index (χ3n) is 2.39. The number of rotatable bonds is 4. The van der Waals surface area contributed by atoms with Gasteiger partial charge in [0.25, 0.3) is 0 Å². The molecule has 2 rings (SSSR count). The summed E-state index contributed by atoms with van der Waals surface area (Å²) in [7, 11) is 1.91. The molecule has 0 saturated heterocycles. The van der Waals surface area contributed by atoms with Crippen molar-refractivity contribution in [3.05, 3.63) is 39.0 Å². The van der Waals surface area contributed by atoms with Crippen LogP contribution in [0.5, 0.6) is 0 Å². The van der Waals surface area contributed by atoms with Crippen molar-refractivity contribution in [1.82, 2.24) is 19.3 Å². The second-order valence-electron chi connectivity index (χ2n) is 3.57. The highest BCUT2D eigenvalue weighted by Crippen LogP contribution is 2.22. The van der Waals surface area contributed by atoms with Crippen molar-refractivity contribution in [2.75, 3.05) is 0 Å². The van der Waals surface area contributed by atoms with E-state index in [-0.39, 0.29) is 5.82 Å². The zero-order chi connectivity index (χ0) is 12.4. The Bertz CT molecular complexity index is 547. The van der Waals surface area contributed by atoms with E-state index in [0.29, 0.717) is 11.0 Å². The van der Waals surface area contributed by atoms with E-state index in [9.17, 15) is 10.1 Å². The Morgan fingerprint density at radius 3 is 2.88 bits per heavy atom. The van der Waals surface area contributed by atoms with Crippen LogP contribution in [-0.2, 0) is 20.0 Å². The Morgan fingerprint density at radius 1 is 1.59 bits per heavy atom. The van der Waals surface area contributed by atoms with E-state index in [2.05, 4.69) is 26.0 Å². The van der Waals surface area contributed by atoms with Gasteiger partial charge in [-0.15, -0.1) is 0 Å². The Labute approximate surface area is 105 Å². The molecule has 90 valence electrons. The van der Waals surface area contributed by atoms with E-state index in [1.807, 2.05) is 11.6 Å².